The summed E-state index contributed by atoms with van der Waals surface area (Å²) in [6, 6.07) is 4.98. The smallest absolute Gasteiger partial charge is 0.245 e. The Morgan fingerprint density at radius 1 is 1.07 bits per heavy atom. The molecule has 1 saturated heterocycles. The maximum absolute atomic E-state index is 15.7. The van der Waals surface area contributed by atoms with Crippen LogP contribution in [0.2, 0.25) is 0 Å². The minimum Gasteiger partial charge on any atom is -0.344 e. The molecule has 0 spiro atoms. The number of likely N-dealkylation sites (N-methyl/N-ethyl adjacent to an activating group) is 1. The van der Waals surface area contributed by atoms with Gasteiger partial charge < -0.3 is 20.4 Å². The summed E-state index contributed by atoms with van der Waals surface area (Å²) >= 11 is 0. The third kappa shape index (κ3) is 8.56. The second kappa shape index (κ2) is 15.6. The monoisotopic (exact) mass is 627 g/mol. The number of nitrogens with zero attached hydrogens (tertiary/aromatic N) is 4. The third-order valence-electron chi connectivity index (χ3n) is 9.45. The number of carbonyl (C=O) groups excluding carboxylic acids is 4. The number of Topliss-reactive ketones (excluding diaryl/α,β-unsaturated/α-hetero) is 1. The van der Waals surface area contributed by atoms with Gasteiger partial charge in [-0.25, -0.2) is 4.39 Å². The van der Waals surface area contributed by atoms with Gasteiger partial charge in [0.2, 0.25) is 17.7 Å². The Labute approximate surface area is 270 Å². The lowest BCUT2D eigenvalue weighted by Gasteiger charge is -2.36. The van der Waals surface area contributed by atoms with E-state index in [1.807, 2.05) is 6.92 Å². The average Bonchev–Trinajstić information content (AvgIpc) is 3.55. The number of anilines is 1. The van der Waals surface area contributed by atoms with Crippen LogP contribution in [0, 0.1) is 23.6 Å². The molecule has 0 bridgehead atoms. The molecule has 3 amide bonds. The average molecular weight is 628 g/mol. The topological polar surface area (TPSA) is 117 Å². The maximum Gasteiger partial charge on any atom is 0.245 e. The van der Waals surface area contributed by atoms with E-state index in [9.17, 15) is 19.2 Å². The van der Waals surface area contributed by atoms with Crippen LogP contribution >= 0.6 is 0 Å². The molecule has 1 aromatic carbocycles. The van der Waals surface area contributed by atoms with Crippen molar-refractivity contribution in [2.45, 2.75) is 84.7 Å². The fourth-order valence-corrected chi connectivity index (χ4v) is 6.42. The standard InChI is InChI=1S/C34H49FN6O4/c1-6-31(43)38-32(34(45)40-18-16-39(5)17-19-40)23(4)25-12-13-28(27(35)20-25)37-33(44)26(24-10-8-22(3)9-11-24)21-30(42)29-14-15-36-41(29)7-2/h12-15,20,22-24,26,32H,6-11,16-19,21H2,1-5H3,(H,37,44)(H,38,43)/t22?,23-,24?,26-,32+/m0/s1/i5D3. The zero-order valence-corrected chi connectivity index (χ0v) is 26.9. The highest BCUT2D eigenvalue weighted by molar-refractivity contribution is 6.00. The van der Waals surface area contributed by atoms with Gasteiger partial charge in [0.15, 0.2) is 5.78 Å². The van der Waals surface area contributed by atoms with Crippen LogP contribution in [0.1, 0.15) is 92.3 Å². The lowest BCUT2D eigenvalue weighted by molar-refractivity contribution is -0.138. The molecule has 10 nitrogen and oxygen atoms in total. The highest BCUT2D eigenvalue weighted by Gasteiger charge is 2.35. The van der Waals surface area contributed by atoms with Crippen LogP contribution in [0.4, 0.5) is 10.1 Å². The lowest BCUT2D eigenvalue weighted by atomic mass is 9.74. The summed E-state index contributed by atoms with van der Waals surface area (Å²) in [6.07, 6.45) is 5.24. The molecule has 11 heteroatoms. The van der Waals surface area contributed by atoms with Gasteiger partial charge in [-0.3, -0.25) is 23.9 Å². The second-order valence-electron chi connectivity index (χ2n) is 12.5. The zero-order valence-electron chi connectivity index (χ0n) is 29.9. The molecule has 2 fully saturated rings. The van der Waals surface area contributed by atoms with Crippen LogP contribution in [0.25, 0.3) is 0 Å². The number of amides is 3. The van der Waals surface area contributed by atoms with E-state index in [0.717, 1.165) is 25.7 Å². The van der Waals surface area contributed by atoms with Crippen molar-refractivity contribution in [3.63, 3.8) is 0 Å². The van der Waals surface area contributed by atoms with Crippen molar-refractivity contribution >= 4 is 29.2 Å². The van der Waals surface area contributed by atoms with Gasteiger partial charge in [-0.15, -0.1) is 0 Å². The van der Waals surface area contributed by atoms with Gasteiger partial charge in [-0.05, 0) is 62.3 Å². The first-order chi connectivity index (χ1) is 22.7. The van der Waals surface area contributed by atoms with E-state index in [1.165, 1.54) is 21.9 Å². The lowest BCUT2D eigenvalue weighted by Crippen LogP contribution is -2.55. The first-order valence-electron chi connectivity index (χ1n) is 17.7. The Bertz CT molecular complexity index is 1450. The number of carbonyl (C=O) groups is 4. The quantitative estimate of drug-likeness (QED) is 0.336. The summed E-state index contributed by atoms with van der Waals surface area (Å²) in [4.78, 5) is 56.0. The largest absolute Gasteiger partial charge is 0.344 e. The zero-order chi connectivity index (χ0) is 35.2. The molecule has 0 radical (unpaired) electrons. The molecule has 1 saturated carbocycles. The minimum absolute atomic E-state index is 0.00511. The molecule has 2 aliphatic rings. The molecule has 45 heavy (non-hydrogen) atoms. The van der Waals surface area contributed by atoms with Gasteiger partial charge in [-0.1, -0.05) is 39.7 Å². The highest BCUT2D eigenvalue weighted by Crippen LogP contribution is 2.36. The van der Waals surface area contributed by atoms with Crippen LogP contribution in [0.3, 0.4) is 0 Å². The number of aromatic nitrogens is 2. The van der Waals surface area contributed by atoms with Crippen LogP contribution in [0.5, 0.6) is 0 Å². The Hall–Kier alpha value is -3.60. The molecule has 1 aliphatic heterocycles. The number of hydrogen-bond acceptors (Lipinski definition) is 6. The molecule has 1 aromatic heterocycles. The second-order valence-corrected chi connectivity index (χ2v) is 12.5. The van der Waals surface area contributed by atoms with E-state index < -0.39 is 36.6 Å². The molecule has 0 unspecified atom stereocenters. The Morgan fingerprint density at radius 3 is 2.40 bits per heavy atom. The highest BCUT2D eigenvalue weighted by atomic mass is 19.1. The van der Waals surface area contributed by atoms with Gasteiger partial charge >= 0.3 is 0 Å². The Balaban J connectivity index is 1.50. The van der Waals surface area contributed by atoms with E-state index in [0.29, 0.717) is 23.7 Å². The van der Waals surface area contributed by atoms with Crippen molar-refractivity contribution in [1.82, 2.24) is 24.9 Å². The fraction of sp³-hybridized carbons (Fsp3) is 0.618. The number of aryl methyl sites for hydroxylation is 1. The number of ketones is 1. The SMILES string of the molecule is [2H]C([2H])([2H])N1CCN(C(=O)[C@H](NC(=O)CC)[C@@H](C)c2ccc(NC(=O)[C@@H](CC(=O)c3ccnn3CC)C3CCC(C)CC3)c(F)c2)CC1. The first kappa shape index (κ1) is 30.1. The van der Waals surface area contributed by atoms with Crippen molar-refractivity contribution in [1.29, 1.82) is 0 Å². The van der Waals surface area contributed by atoms with E-state index in [-0.39, 0.29) is 68.2 Å². The van der Waals surface area contributed by atoms with E-state index in [2.05, 4.69) is 22.7 Å². The normalized spacial score (nSPS) is 22.3. The summed E-state index contributed by atoms with van der Waals surface area (Å²) in [5.74, 6) is -2.74. The van der Waals surface area contributed by atoms with Crippen molar-refractivity contribution in [2.24, 2.45) is 17.8 Å². The van der Waals surface area contributed by atoms with Crippen LogP contribution in [0.15, 0.2) is 30.5 Å². The number of rotatable bonds is 12. The number of nitrogens with one attached hydrogen (secondary N) is 2. The molecule has 2 aromatic rings. The van der Waals surface area contributed by atoms with Gasteiger partial charge in [0.05, 0.1) is 5.69 Å². The first-order valence-corrected chi connectivity index (χ1v) is 16.2. The molecule has 3 atom stereocenters. The van der Waals surface area contributed by atoms with Crippen LogP contribution in [-0.4, -0.2) is 82.3 Å². The molecule has 2 N–H and O–H groups in total. The molecular formula is C34H49FN6O4. The summed E-state index contributed by atoms with van der Waals surface area (Å²) in [5.41, 5.74) is 0.863. The van der Waals surface area contributed by atoms with Crippen molar-refractivity contribution in [3.8, 4) is 0 Å². The van der Waals surface area contributed by atoms with Crippen molar-refractivity contribution in [3.05, 3.63) is 47.5 Å². The Morgan fingerprint density at radius 2 is 1.78 bits per heavy atom. The molecule has 246 valence electrons. The van der Waals surface area contributed by atoms with Gasteiger partial charge in [0, 0.05) is 67.7 Å². The third-order valence-corrected chi connectivity index (χ3v) is 9.45. The number of hydrogen-bond donors (Lipinski definition) is 2. The van der Waals surface area contributed by atoms with Crippen LogP contribution in [-0.2, 0) is 20.9 Å². The predicted molar refractivity (Wildman–Crippen MR) is 171 cm³/mol. The van der Waals surface area contributed by atoms with Gasteiger partial charge in [0.1, 0.15) is 17.6 Å². The number of piperazine rings is 1. The van der Waals surface area contributed by atoms with Gasteiger partial charge in [-0.2, -0.15) is 5.10 Å². The van der Waals surface area contributed by atoms with E-state index in [4.69, 9.17) is 4.11 Å². The summed E-state index contributed by atoms with van der Waals surface area (Å²) < 4.78 is 40.2. The molecule has 4 rings (SSSR count). The number of benzene rings is 1. The molecule has 2 heterocycles. The van der Waals surface area contributed by atoms with Crippen molar-refractivity contribution < 1.29 is 27.7 Å². The Kier molecular flexibility index (Phi) is 10.4. The maximum atomic E-state index is 15.7. The minimum atomic E-state index is -2.25. The molecular weight excluding hydrogens is 575 g/mol. The summed E-state index contributed by atoms with van der Waals surface area (Å²) in [7, 11) is 0. The fourth-order valence-electron chi connectivity index (χ4n) is 6.42. The van der Waals surface area contributed by atoms with E-state index >= 15 is 4.39 Å². The van der Waals surface area contributed by atoms with Crippen LogP contribution < -0.4 is 10.6 Å². The summed E-state index contributed by atoms with van der Waals surface area (Å²) in [6.45, 7) is 6.44. The summed E-state index contributed by atoms with van der Waals surface area (Å²) in [5, 5.41) is 9.71. The van der Waals surface area contributed by atoms with E-state index in [1.54, 1.807) is 36.9 Å². The van der Waals surface area contributed by atoms with Crippen molar-refractivity contribution in [2.75, 3.05) is 38.5 Å². The predicted octanol–water partition coefficient (Wildman–Crippen LogP) is 4.47. The van der Waals surface area contributed by atoms with Gasteiger partial charge in [0.25, 0.3) is 0 Å². The number of halogens is 1. The molecule has 1 aliphatic carbocycles.